The Morgan fingerprint density at radius 1 is 1.21 bits per heavy atom. The van der Waals surface area contributed by atoms with Gasteiger partial charge in [-0.15, -0.1) is 11.8 Å². The van der Waals surface area contributed by atoms with Crippen LogP contribution in [0.15, 0.2) is 23.1 Å². The van der Waals surface area contributed by atoms with E-state index in [4.69, 9.17) is 15.9 Å². The SMILES string of the molecule is Cc1ccc(O)c(SCC(NC(=O)CCC(N)C(=O)O)C(=O)NCC(=O)O)c1. The predicted molar refractivity (Wildman–Crippen MR) is 101 cm³/mol. The van der Waals surface area contributed by atoms with E-state index in [0.717, 1.165) is 17.3 Å². The number of nitrogens with one attached hydrogen (secondary N) is 2. The summed E-state index contributed by atoms with van der Waals surface area (Å²) in [4.78, 5) is 46.1. The van der Waals surface area contributed by atoms with Gasteiger partial charge in [-0.3, -0.25) is 19.2 Å². The summed E-state index contributed by atoms with van der Waals surface area (Å²) in [6.45, 7) is 1.21. The predicted octanol–water partition coefficient (Wildman–Crippen LogP) is -0.330. The number of aromatic hydroxyl groups is 1. The molecule has 2 atom stereocenters. The molecule has 0 spiro atoms. The molecular formula is C17H23N3O7S. The van der Waals surface area contributed by atoms with Gasteiger partial charge in [-0.05, 0) is 31.0 Å². The quantitative estimate of drug-likeness (QED) is 0.265. The first-order valence-electron chi connectivity index (χ1n) is 8.29. The Morgan fingerprint density at radius 3 is 2.50 bits per heavy atom. The molecule has 28 heavy (non-hydrogen) atoms. The van der Waals surface area contributed by atoms with Gasteiger partial charge in [0, 0.05) is 17.1 Å². The minimum atomic E-state index is -1.24. The number of aliphatic carboxylic acids is 2. The number of carbonyl (C=O) groups excluding carboxylic acids is 2. The molecule has 0 aromatic heterocycles. The summed E-state index contributed by atoms with van der Waals surface area (Å²) in [6, 6.07) is 2.63. The van der Waals surface area contributed by atoms with Crippen molar-refractivity contribution in [3.8, 4) is 5.75 Å². The van der Waals surface area contributed by atoms with E-state index >= 15 is 0 Å². The number of hydrogen-bond donors (Lipinski definition) is 6. The fourth-order valence-corrected chi connectivity index (χ4v) is 3.12. The zero-order valence-electron chi connectivity index (χ0n) is 15.2. The third-order valence-corrected chi connectivity index (χ3v) is 4.72. The molecule has 0 fully saturated rings. The van der Waals surface area contributed by atoms with Crippen molar-refractivity contribution in [2.45, 2.75) is 36.7 Å². The van der Waals surface area contributed by atoms with E-state index in [9.17, 15) is 24.3 Å². The lowest BCUT2D eigenvalue weighted by Crippen LogP contribution is -2.49. The van der Waals surface area contributed by atoms with Crippen LogP contribution in [0.25, 0.3) is 0 Å². The highest BCUT2D eigenvalue weighted by atomic mass is 32.2. The minimum Gasteiger partial charge on any atom is -0.507 e. The van der Waals surface area contributed by atoms with Gasteiger partial charge in [-0.2, -0.15) is 0 Å². The minimum absolute atomic E-state index is 0.0130. The van der Waals surface area contributed by atoms with Crippen molar-refractivity contribution in [1.29, 1.82) is 0 Å². The zero-order valence-corrected chi connectivity index (χ0v) is 16.0. The highest BCUT2D eigenvalue weighted by Crippen LogP contribution is 2.29. The van der Waals surface area contributed by atoms with Crippen LogP contribution in [0.5, 0.6) is 5.75 Å². The van der Waals surface area contributed by atoms with E-state index < -0.39 is 42.4 Å². The Balaban J connectivity index is 2.76. The van der Waals surface area contributed by atoms with Crippen molar-refractivity contribution < 1.29 is 34.5 Å². The van der Waals surface area contributed by atoms with E-state index in [2.05, 4.69) is 10.6 Å². The number of nitrogens with two attached hydrogens (primary N) is 1. The summed E-state index contributed by atoms with van der Waals surface area (Å²) in [5, 5.41) is 31.9. The number of aryl methyl sites for hydroxylation is 1. The van der Waals surface area contributed by atoms with Gasteiger partial charge in [0.15, 0.2) is 0 Å². The Hall–Kier alpha value is -2.79. The number of amides is 2. The van der Waals surface area contributed by atoms with Gasteiger partial charge in [0.05, 0.1) is 0 Å². The largest absolute Gasteiger partial charge is 0.507 e. The van der Waals surface area contributed by atoms with Gasteiger partial charge in [0.2, 0.25) is 11.8 Å². The number of carboxylic acids is 2. The molecule has 0 aliphatic rings. The maximum atomic E-state index is 12.2. The molecule has 154 valence electrons. The Kier molecular flexibility index (Phi) is 9.25. The summed E-state index contributed by atoms with van der Waals surface area (Å²) in [7, 11) is 0. The first kappa shape index (κ1) is 23.2. The molecule has 2 amide bonds. The summed E-state index contributed by atoms with van der Waals surface area (Å²) in [5.41, 5.74) is 6.23. The van der Waals surface area contributed by atoms with E-state index in [1.807, 2.05) is 6.92 Å². The number of carbonyl (C=O) groups is 4. The van der Waals surface area contributed by atoms with Crippen LogP contribution in [-0.4, -0.2) is 63.5 Å². The van der Waals surface area contributed by atoms with Crippen LogP contribution in [-0.2, 0) is 19.2 Å². The Morgan fingerprint density at radius 2 is 1.89 bits per heavy atom. The molecule has 0 heterocycles. The molecular weight excluding hydrogens is 390 g/mol. The van der Waals surface area contributed by atoms with Crippen molar-refractivity contribution in [3.05, 3.63) is 23.8 Å². The second kappa shape index (κ2) is 11.1. The molecule has 0 saturated carbocycles. The van der Waals surface area contributed by atoms with Gasteiger partial charge in [0.1, 0.15) is 24.4 Å². The third kappa shape index (κ3) is 8.27. The number of benzene rings is 1. The summed E-state index contributed by atoms with van der Waals surface area (Å²) in [6.07, 6.45) is -0.326. The van der Waals surface area contributed by atoms with Crippen molar-refractivity contribution in [1.82, 2.24) is 10.6 Å². The van der Waals surface area contributed by atoms with Crippen LogP contribution in [0, 0.1) is 6.92 Å². The maximum absolute atomic E-state index is 12.2. The monoisotopic (exact) mass is 413 g/mol. The Labute approximate surface area is 165 Å². The molecule has 0 aliphatic heterocycles. The Bertz CT molecular complexity index is 741. The summed E-state index contributed by atoms with van der Waals surface area (Å²) < 4.78 is 0. The number of rotatable bonds is 11. The van der Waals surface area contributed by atoms with E-state index in [1.54, 1.807) is 12.1 Å². The maximum Gasteiger partial charge on any atom is 0.322 e. The van der Waals surface area contributed by atoms with Gasteiger partial charge >= 0.3 is 11.9 Å². The molecule has 10 nitrogen and oxygen atoms in total. The molecule has 1 rings (SSSR count). The molecule has 11 heteroatoms. The van der Waals surface area contributed by atoms with Crippen LogP contribution in [0.1, 0.15) is 18.4 Å². The van der Waals surface area contributed by atoms with Crippen LogP contribution in [0.4, 0.5) is 0 Å². The molecule has 1 aromatic rings. The molecule has 0 aliphatic carbocycles. The number of phenolic OH excluding ortho intramolecular Hbond substituents is 1. The van der Waals surface area contributed by atoms with Gasteiger partial charge in [-0.1, -0.05) is 6.07 Å². The highest BCUT2D eigenvalue weighted by Gasteiger charge is 2.23. The number of thioether (sulfide) groups is 1. The van der Waals surface area contributed by atoms with Gasteiger partial charge in [-0.25, -0.2) is 0 Å². The second-order valence-electron chi connectivity index (χ2n) is 6.00. The molecule has 1 aromatic carbocycles. The molecule has 0 bridgehead atoms. The highest BCUT2D eigenvalue weighted by molar-refractivity contribution is 7.99. The third-order valence-electron chi connectivity index (χ3n) is 3.59. The van der Waals surface area contributed by atoms with Crippen molar-refractivity contribution >= 4 is 35.5 Å². The summed E-state index contributed by atoms with van der Waals surface area (Å²) >= 11 is 1.11. The van der Waals surface area contributed by atoms with E-state index in [1.165, 1.54) is 6.07 Å². The first-order chi connectivity index (χ1) is 13.1. The molecule has 0 radical (unpaired) electrons. The molecule has 0 saturated heterocycles. The number of carboxylic acid groups (broad SMARTS) is 2. The van der Waals surface area contributed by atoms with Crippen LogP contribution in [0.3, 0.4) is 0 Å². The molecule has 7 N–H and O–H groups in total. The van der Waals surface area contributed by atoms with Gasteiger partial charge < -0.3 is 31.7 Å². The molecule has 2 unspecified atom stereocenters. The average Bonchev–Trinajstić information content (AvgIpc) is 2.63. The van der Waals surface area contributed by atoms with Gasteiger partial charge in [0.25, 0.3) is 0 Å². The normalized spacial score (nSPS) is 12.6. The first-order valence-corrected chi connectivity index (χ1v) is 9.28. The van der Waals surface area contributed by atoms with Crippen molar-refractivity contribution in [3.63, 3.8) is 0 Å². The van der Waals surface area contributed by atoms with Crippen LogP contribution >= 0.6 is 11.8 Å². The number of phenols is 1. The van der Waals surface area contributed by atoms with E-state index in [0.29, 0.717) is 4.90 Å². The lowest BCUT2D eigenvalue weighted by atomic mass is 10.1. The summed E-state index contributed by atoms with van der Waals surface area (Å²) in [5.74, 6) is -3.75. The van der Waals surface area contributed by atoms with Crippen LogP contribution in [0.2, 0.25) is 0 Å². The number of hydrogen-bond acceptors (Lipinski definition) is 7. The lowest BCUT2D eigenvalue weighted by molar-refractivity contribution is -0.139. The fourth-order valence-electron chi connectivity index (χ4n) is 2.06. The van der Waals surface area contributed by atoms with E-state index in [-0.39, 0.29) is 24.3 Å². The fraction of sp³-hybridized carbons (Fsp3) is 0.412. The average molecular weight is 413 g/mol. The topological polar surface area (TPSA) is 179 Å². The van der Waals surface area contributed by atoms with Crippen molar-refractivity contribution in [2.75, 3.05) is 12.3 Å². The zero-order chi connectivity index (χ0) is 21.3. The lowest BCUT2D eigenvalue weighted by Gasteiger charge is -2.18. The van der Waals surface area contributed by atoms with Crippen molar-refractivity contribution in [2.24, 2.45) is 5.73 Å². The smallest absolute Gasteiger partial charge is 0.322 e. The second-order valence-corrected chi connectivity index (χ2v) is 7.06. The van der Waals surface area contributed by atoms with Crippen LogP contribution < -0.4 is 16.4 Å². The standard InChI is InChI=1S/C17H23N3O7S/c1-9-2-4-12(21)13(6-9)28-8-11(16(25)19-7-15(23)24)20-14(22)5-3-10(18)17(26)27/h2,4,6,10-11,21H,3,5,7-8,18H2,1H3,(H,19,25)(H,20,22)(H,23,24)(H,26,27).